The Morgan fingerprint density at radius 1 is 1.22 bits per heavy atom. The van der Waals surface area contributed by atoms with Crippen molar-refractivity contribution in [1.29, 1.82) is 0 Å². The molecule has 0 aliphatic rings. The molecule has 1 rings (SSSR count). The van der Waals surface area contributed by atoms with E-state index in [-0.39, 0.29) is 11.4 Å². The van der Waals surface area contributed by atoms with Crippen LogP contribution in [0.1, 0.15) is 20.8 Å². The van der Waals surface area contributed by atoms with Crippen LogP contribution in [0.4, 0.5) is 10.5 Å². The first kappa shape index (κ1) is 14.1. The van der Waals surface area contributed by atoms with E-state index in [9.17, 15) is 4.79 Å². The first-order valence-electron chi connectivity index (χ1n) is 5.80. The van der Waals surface area contributed by atoms with Crippen LogP contribution in [0.15, 0.2) is 36.5 Å². The molecule has 4 nitrogen and oxygen atoms in total. The van der Waals surface area contributed by atoms with Crippen molar-refractivity contribution in [2.45, 2.75) is 20.8 Å². The molecular weight excluding hydrogens is 228 g/mol. The van der Waals surface area contributed by atoms with Crippen molar-refractivity contribution in [3.63, 3.8) is 0 Å². The number of urea groups is 1. The zero-order valence-electron chi connectivity index (χ0n) is 11.3. The molecule has 0 heterocycles. The first-order valence-corrected chi connectivity index (χ1v) is 5.80. The van der Waals surface area contributed by atoms with Gasteiger partial charge in [0.25, 0.3) is 0 Å². The second-order valence-corrected chi connectivity index (χ2v) is 5.03. The maximum atomic E-state index is 11.5. The van der Waals surface area contributed by atoms with E-state index in [0.717, 1.165) is 11.4 Å². The summed E-state index contributed by atoms with van der Waals surface area (Å²) in [5.74, 6) is 0.758. The summed E-state index contributed by atoms with van der Waals surface area (Å²) in [6.45, 7) is 6.19. The molecule has 0 aliphatic carbocycles. The van der Waals surface area contributed by atoms with Gasteiger partial charge in [0, 0.05) is 11.9 Å². The van der Waals surface area contributed by atoms with Crippen molar-refractivity contribution >= 4 is 11.7 Å². The number of nitrogens with one attached hydrogen (secondary N) is 2. The van der Waals surface area contributed by atoms with Crippen LogP contribution in [0.3, 0.4) is 0 Å². The van der Waals surface area contributed by atoms with Gasteiger partial charge in [-0.2, -0.15) is 0 Å². The second-order valence-electron chi connectivity index (χ2n) is 5.03. The normalized spacial score (nSPS) is 11.3. The van der Waals surface area contributed by atoms with Crippen LogP contribution < -0.4 is 15.4 Å². The average molecular weight is 248 g/mol. The summed E-state index contributed by atoms with van der Waals surface area (Å²) in [6.07, 6.45) is 3.58. The van der Waals surface area contributed by atoms with Gasteiger partial charge >= 0.3 is 6.03 Å². The minimum Gasteiger partial charge on any atom is -0.497 e. The molecule has 0 saturated carbocycles. The van der Waals surface area contributed by atoms with Crippen molar-refractivity contribution in [2.75, 3.05) is 12.4 Å². The van der Waals surface area contributed by atoms with Gasteiger partial charge in [-0.15, -0.1) is 0 Å². The van der Waals surface area contributed by atoms with Gasteiger partial charge in [-0.1, -0.05) is 26.8 Å². The Balaban J connectivity index is 2.47. The van der Waals surface area contributed by atoms with E-state index in [1.54, 1.807) is 37.6 Å². The van der Waals surface area contributed by atoms with Crippen LogP contribution in [-0.2, 0) is 0 Å². The number of hydrogen-bond acceptors (Lipinski definition) is 2. The van der Waals surface area contributed by atoms with E-state index in [1.807, 2.05) is 6.08 Å². The molecule has 0 fully saturated rings. The molecule has 1 aromatic rings. The number of carbonyl (C=O) groups excluding carboxylic acids is 1. The summed E-state index contributed by atoms with van der Waals surface area (Å²) in [4.78, 5) is 11.5. The summed E-state index contributed by atoms with van der Waals surface area (Å²) in [6, 6.07) is 6.89. The Bertz CT molecular complexity index is 416. The van der Waals surface area contributed by atoms with Crippen LogP contribution in [0.2, 0.25) is 0 Å². The van der Waals surface area contributed by atoms with Gasteiger partial charge in [0.2, 0.25) is 0 Å². The number of carbonyl (C=O) groups is 1. The van der Waals surface area contributed by atoms with Gasteiger partial charge in [0.15, 0.2) is 0 Å². The molecule has 2 amide bonds. The van der Waals surface area contributed by atoms with Gasteiger partial charge in [-0.3, -0.25) is 0 Å². The molecule has 1 aromatic carbocycles. The molecule has 0 spiro atoms. The minimum absolute atomic E-state index is 0.0490. The fourth-order valence-corrected chi connectivity index (χ4v) is 1.21. The molecular formula is C14H20N2O2. The number of hydrogen-bond donors (Lipinski definition) is 2. The fraction of sp³-hybridized carbons (Fsp3) is 0.357. The number of ether oxygens (including phenoxy) is 1. The third kappa shape index (κ3) is 5.39. The third-order valence-corrected chi connectivity index (χ3v) is 2.15. The number of anilines is 1. The molecule has 0 atom stereocenters. The Morgan fingerprint density at radius 2 is 1.83 bits per heavy atom. The van der Waals surface area contributed by atoms with Gasteiger partial charge in [-0.05, 0) is 29.7 Å². The molecule has 4 heteroatoms. The Kier molecular flexibility index (Phi) is 4.77. The number of benzene rings is 1. The molecule has 0 bridgehead atoms. The molecule has 0 saturated heterocycles. The quantitative estimate of drug-likeness (QED) is 0.861. The lowest BCUT2D eigenvalue weighted by Crippen LogP contribution is -2.24. The zero-order valence-corrected chi connectivity index (χ0v) is 11.3. The van der Waals surface area contributed by atoms with Crippen LogP contribution in [0.25, 0.3) is 0 Å². The first-order chi connectivity index (χ1) is 8.40. The minimum atomic E-state index is -0.263. The van der Waals surface area contributed by atoms with E-state index in [4.69, 9.17) is 4.74 Å². The SMILES string of the molecule is COc1ccc(NC(=O)N/C=C/C(C)(C)C)cc1. The lowest BCUT2D eigenvalue weighted by molar-refractivity contribution is 0.255. The molecule has 0 unspecified atom stereocenters. The number of rotatable bonds is 3. The molecule has 98 valence electrons. The highest BCUT2D eigenvalue weighted by molar-refractivity contribution is 5.89. The van der Waals surface area contributed by atoms with Crippen molar-refractivity contribution in [2.24, 2.45) is 5.41 Å². The molecule has 18 heavy (non-hydrogen) atoms. The Morgan fingerprint density at radius 3 is 2.33 bits per heavy atom. The summed E-state index contributed by atoms with van der Waals surface area (Å²) >= 11 is 0. The zero-order chi connectivity index (χ0) is 13.6. The molecule has 2 N–H and O–H groups in total. The van der Waals surface area contributed by atoms with E-state index < -0.39 is 0 Å². The summed E-state index contributed by atoms with van der Waals surface area (Å²) < 4.78 is 5.04. The van der Waals surface area contributed by atoms with E-state index in [1.165, 1.54) is 0 Å². The number of methoxy groups -OCH3 is 1. The second kappa shape index (κ2) is 6.10. The fourth-order valence-electron chi connectivity index (χ4n) is 1.21. The van der Waals surface area contributed by atoms with Gasteiger partial charge < -0.3 is 15.4 Å². The van der Waals surface area contributed by atoms with Crippen LogP contribution >= 0.6 is 0 Å². The summed E-state index contributed by atoms with van der Waals surface area (Å²) in [7, 11) is 1.60. The van der Waals surface area contributed by atoms with Gasteiger partial charge in [-0.25, -0.2) is 4.79 Å². The van der Waals surface area contributed by atoms with Crippen molar-refractivity contribution < 1.29 is 9.53 Å². The van der Waals surface area contributed by atoms with Crippen LogP contribution in [-0.4, -0.2) is 13.1 Å². The van der Waals surface area contributed by atoms with Crippen LogP contribution in [0.5, 0.6) is 5.75 Å². The lowest BCUT2D eigenvalue weighted by atomic mass is 9.97. The smallest absolute Gasteiger partial charge is 0.323 e. The van der Waals surface area contributed by atoms with Crippen molar-refractivity contribution in [1.82, 2.24) is 5.32 Å². The predicted octanol–water partition coefficient (Wildman–Crippen LogP) is 3.38. The maximum Gasteiger partial charge on any atom is 0.323 e. The van der Waals surface area contributed by atoms with E-state index in [0.29, 0.717) is 0 Å². The topological polar surface area (TPSA) is 50.4 Å². The average Bonchev–Trinajstić information content (AvgIpc) is 2.28. The third-order valence-electron chi connectivity index (χ3n) is 2.15. The highest BCUT2D eigenvalue weighted by Crippen LogP contribution is 2.15. The van der Waals surface area contributed by atoms with E-state index >= 15 is 0 Å². The molecule has 0 radical (unpaired) electrons. The lowest BCUT2D eigenvalue weighted by Gasteiger charge is -2.11. The van der Waals surface area contributed by atoms with Gasteiger partial charge in [0.1, 0.15) is 5.75 Å². The monoisotopic (exact) mass is 248 g/mol. The predicted molar refractivity (Wildman–Crippen MR) is 73.7 cm³/mol. The highest BCUT2D eigenvalue weighted by Gasteiger charge is 2.04. The van der Waals surface area contributed by atoms with Crippen LogP contribution in [0, 0.1) is 5.41 Å². The van der Waals surface area contributed by atoms with E-state index in [2.05, 4.69) is 31.4 Å². The van der Waals surface area contributed by atoms with Crippen molar-refractivity contribution in [3.05, 3.63) is 36.5 Å². The summed E-state index contributed by atoms with van der Waals surface area (Å²) in [5.41, 5.74) is 0.769. The largest absolute Gasteiger partial charge is 0.497 e. The number of amides is 2. The Hall–Kier alpha value is -1.97. The standard InChI is InChI=1S/C14H20N2O2/c1-14(2,3)9-10-15-13(17)16-11-5-7-12(18-4)8-6-11/h5-10H,1-4H3,(H2,15,16,17)/b10-9+. The number of allylic oxidation sites excluding steroid dienone is 1. The van der Waals surface area contributed by atoms with Crippen molar-refractivity contribution in [3.8, 4) is 5.75 Å². The maximum absolute atomic E-state index is 11.5. The van der Waals surface area contributed by atoms with Gasteiger partial charge in [0.05, 0.1) is 7.11 Å². The Labute approximate surface area is 108 Å². The highest BCUT2D eigenvalue weighted by atomic mass is 16.5. The summed E-state index contributed by atoms with van der Waals surface area (Å²) in [5, 5.41) is 5.38. The molecule has 0 aromatic heterocycles. The molecule has 0 aliphatic heterocycles.